The molecule has 0 amide bonds. The van der Waals surface area contributed by atoms with Crippen molar-refractivity contribution in [2.75, 3.05) is 6.79 Å². The zero-order valence-corrected chi connectivity index (χ0v) is 14.9. The van der Waals surface area contributed by atoms with E-state index in [4.69, 9.17) is 13.9 Å². The number of ether oxygens (including phenoxy) is 2. The van der Waals surface area contributed by atoms with E-state index in [1.165, 1.54) is 48.8 Å². The van der Waals surface area contributed by atoms with E-state index in [0.29, 0.717) is 12.7 Å². The van der Waals surface area contributed by atoms with Crippen molar-refractivity contribution in [3.63, 3.8) is 0 Å². The van der Waals surface area contributed by atoms with Crippen LogP contribution >= 0.6 is 0 Å². The Labute approximate surface area is 143 Å². The van der Waals surface area contributed by atoms with Crippen molar-refractivity contribution in [1.29, 1.82) is 0 Å². The summed E-state index contributed by atoms with van der Waals surface area (Å²) in [6, 6.07) is 4.20. The molecular formula is C21H26O3. The predicted molar refractivity (Wildman–Crippen MR) is 93.8 cm³/mol. The summed E-state index contributed by atoms with van der Waals surface area (Å²) in [7, 11) is 0. The molecule has 0 spiro atoms. The summed E-state index contributed by atoms with van der Waals surface area (Å²) < 4.78 is 17.6. The van der Waals surface area contributed by atoms with E-state index in [1.807, 2.05) is 6.07 Å². The normalized spacial score (nSPS) is 34.7. The first-order valence-corrected chi connectivity index (χ1v) is 9.44. The van der Waals surface area contributed by atoms with E-state index in [-0.39, 0.29) is 5.41 Å². The van der Waals surface area contributed by atoms with Gasteiger partial charge in [-0.1, -0.05) is 33.6 Å². The molecule has 2 heterocycles. The number of rotatable bonds is 0. The van der Waals surface area contributed by atoms with Crippen molar-refractivity contribution in [2.45, 2.75) is 64.2 Å². The molecule has 1 aromatic carbocycles. The summed E-state index contributed by atoms with van der Waals surface area (Å²) in [5, 5.41) is 1.25. The lowest BCUT2D eigenvalue weighted by Gasteiger charge is -2.45. The fraction of sp³-hybridized carbons (Fsp3) is 0.619. The summed E-state index contributed by atoms with van der Waals surface area (Å²) in [5.41, 5.74) is 2.66. The van der Waals surface area contributed by atoms with E-state index in [2.05, 4.69) is 26.8 Å². The van der Waals surface area contributed by atoms with E-state index in [1.54, 1.807) is 0 Å². The van der Waals surface area contributed by atoms with Gasteiger partial charge in [-0.25, -0.2) is 0 Å². The quantitative estimate of drug-likeness (QED) is 0.617. The molecule has 2 aliphatic carbocycles. The maximum Gasteiger partial charge on any atom is 0.231 e. The minimum Gasteiger partial charge on any atom is -0.460 e. The van der Waals surface area contributed by atoms with Crippen LogP contribution in [0, 0.1) is 11.8 Å². The molecule has 4 atom stereocenters. The van der Waals surface area contributed by atoms with Crippen LogP contribution in [0.4, 0.5) is 0 Å². The third-order valence-electron chi connectivity index (χ3n) is 7.00. The molecule has 1 saturated carbocycles. The zero-order chi connectivity index (χ0) is 16.5. The second kappa shape index (κ2) is 4.93. The van der Waals surface area contributed by atoms with Crippen LogP contribution in [0.25, 0.3) is 11.0 Å². The molecule has 0 unspecified atom stereocenters. The van der Waals surface area contributed by atoms with Gasteiger partial charge in [0.1, 0.15) is 11.3 Å². The Morgan fingerprint density at radius 2 is 1.83 bits per heavy atom. The Morgan fingerprint density at radius 1 is 1.04 bits per heavy atom. The highest BCUT2D eigenvalue weighted by Gasteiger charge is 2.47. The summed E-state index contributed by atoms with van der Waals surface area (Å²) in [6.45, 7) is 7.59. The van der Waals surface area contributed by atoms with Crippen molar-refractivity contribution in [2.24, 2.45) is 11.8 Å². The number of fused-ring (bicyclic) bond motifs is 6. The van der Waals surface area contributed by atoms with E-state index < -0.39 is 0 Å². The van der Waals surface area contributed by atoms with Crippen LogP contribution in [0.1, 0.15) is 70.1 Å². The number of hydrogen-bond donors (Lipinski definition) is 0. The average Bonchev–Trinajstić information content (AvgIpc) is 3.12. The highest BCUT2D eigenvalue weighted by atomic mass is 16.7. The van der Waals surface area contributed by atoms with Crippen LogP contribution in [-0.2, 0) is 5.41 Å². The predicted octanol–water partition coefficient (Wildman–Crippen LogP) is 5.75. The molecule has 3 aliphatic rings. The fourth-order valence-electron chi connectivity index (χ4n) is 5.72. The number of hydrogen-bond acceptors (Lipinski definition) is 3. The van der Waals surface area contributed by atoms with Gasteiger partial charge in [0.25, 0.3) is 0 Å². The van der Waals surface area contributed by atoms with Crippen LogP contribution in [0.3, 0.4) is 0 Å². The first kappa shape index (κ1) is 14.7. The van der Waals surface area contributed by atoms with Gasteiger partial charge in [0.05, 0.1) is 0 Å². The van der Waals surface area contributed by atoms with E-state index in [0.717, 1.165) is 28.9 Å². The lowest BCUT2D eigenvalue weighted by molar-refractivity contribution is 0.131. The maximum absolute atomic E-state index is 6.42. The fourth-order valence-corrected chi connectivity index (χ4v) is 5.72. The smallest absolute Gasteiger partial charge is 0.231 e. The highest BCUT2D eigenvalue weighted by Crippen LogP contribution is 2.56. The largest absolute Gasteiger partial charge is 0.460 e. The molecule has 3 nitrogen and oxygen atoms in total. The molecule has 0 radical (unpaired) electrons. The minimum atomic E-state index is 0.219. The van der Waals surface area contributed by atoms with Crippen LogP contribution in [0.15, 0.2) is 16.5 Å². The van der Waals surface area contributed by atoms with E-state index >= 15 is 0 Å². The van der Waals surface area contributed by atoms with Gasteiger partial charge in [0, 0.05) is 22.9 Å². The molecular weight excluding hydrogens is 300 g/mol. The van der Waals surface area contributed by atoms with Gasteiger partial charge in [0.15, 0.2) is 11.5 Å². The molecule has 0 N–H and O–H groups in total. The molecule has 3 heteroatoms. The van der Waals surface area contributed by atoms with Crippen molar-refractivity contribution >= 4 is 11.0 Å². The SMILES string of the molecule is C[C@H]1CC[C@H]2[C@@H](C)CCC[C@]2(C)c2c1oc1cc3c(cc21)OCO3. The van der Waals surface area contributed by atoms with Gasteiger partial charge < -0.3 is 13.9 Å². The maximum atomic E-state index is 6.42. The lowest BCUT2D eigenvalue weighted by Crippen LogP contribution is -2.39. The summed E-state index contributed by atoms with van der Waals surface area (Å²) in [5.74, 6) is 4.93. The Hall–Kier alpha value is -1.64. The first-order valence-electron chi connectivity index (χ1n) is 9.44. The van der Waals surface area contributed by atoms with E-state index in [9.17, 15) is 0 Å². The molecule has 1 fully saturated rings. The van der Waals surface area contributed by atoms with Crippen molar-refractivity contribution in [3.05, 3.63) is 23.5 Å². The standard InChI is InChI=1S/C21H26O3/c1-12-5-4-8-21(3)15(12)7-6-13(2)20-19(21)14-9-17-18(23-11-22-17)10-16(14)24-20/h9-10,12-13,15H,4-8,11H2,1-3H3/t12-,13-,15-,21-/m0/s1. The molecule has 1 aromatic heterocycles. The number of benzene rings is 1. The van der Waals surface area contributed by atoms with Gasteiger partial charge in [-0.2, -0.15) is 0 Å². The second-order valence-electron chi connectivity index (χ2n) is 8.41. The van der Waals surface area contributed by atoms with Crippen molar-refractivity contribution < 1.29 is 13.9 Å². The molecule has 0 bridgehead atoms. The molecule has 1 aliphatic heterocycles. The Bertz CT molecular complexity index is 805. The second-order valence-corrected chi connectivity index (χ2v) is 8.41. The van der Waals surface area contributed by atoms with Crippen LogP contribution in [-0.4, -0.2) is 6.79 Å². The van der Waals surface area contributed by atoms with Crippen molar-refractivity contribution in [1.82, 2.24) is 0 Å². The Kier molecular flexibility index (Phi) is 3.02. The van der Waals surface area contributed by atoms with Gasteiger partial charge in [-0.15, -0.1) is 0 Å². The van der Waals surface area contributed by atoms with Gasteiger partial charge >= 0.3 is 0 Å². The molecule has 0 saturated heterocycles. The molecule has 5 rings (SSSR count). The van der Waals surface area contributed by atoms with Gasteiger partial charge in [0.2, 0.25) is 6.79 Å². The Morgan fingerprint density at radius 3 is 2.67 bits per heavy atom. The molecule has 2 aromatic rings. The van der Waals surface area contributed by atoms with Gasteiger partial charge in [-0.3, -0.25) is 0 Å². The van der Waals surface area contributed by atoms with Crippen LogP contribution < -0.4 is 9.47 Å². The topological polar surface area (TPSA) is 31.6 Å². The summed E-state index contributed by atoms with van der Waals surface area (Å²) in [4.78, 5) is 0. The average molecular weight is 326 g/mol. The summed E-state index contributed by atoms with van der Waals surface area (Å²) in [6.07, 6.45) is 6.50. The molecule has 24 heavy (non-hydrogen) atoms. The third-order valence-corrected chi connectivity index (χ3v) is 7.00. The number of furan rings is 1. The first-order chi connectivity index (χ1) is 11.6. The third kappa shape index (κ3) is 1.84. The highest BCUT2D eigenvalue weighted by molar-refractivity contribution is 5.87. The lowest BCUT2D eigenvalue weighted by atomic mass is 9.59. The van der Waals surface area contributed by atoms with Gasteiger partial charge in [-0.05, 0) is 42.6 Å². The summed E-state index contributed by atoms with van der Waals surface area (Å²) >= 11 is 0. The Balaban J connectivity index is 1.79. The van der Waals surface area contributed by atoms with Crippen LogP contribution in [0.5, 0.6) is 11.5 Å². The zero-order valence-electron chi connectivity index (χ0n) is 14.9. The molecule has 128 valence electrons. The van der Waals surface area contributed by atoms with Crippen LogP contribution in [0.2, 0.25) is 0 Å². The van der Waals surface area contributed by atoms with Crippen molar-refractivity contribution in [3.8, 4) is 11.5 Å². The monoisotopic (exact) mass is 326 g/mol. The minimum absolute atomic E-state index is 0.219.